The number of carbonyl (C=O) groups excluding carboxylic acids is 1. The number of nitrogens with one attached hydrogen (secondary N) is 1. The van der Waals surface area contributed by atoms with E-state index in [9.17, 15) is 14.7 Å². The Hall–Kier alpha value is -1.85. The Kier molecular flexibility index (Phi) is 4.98. The Morgan fingerprint density at radius 3 is 2.67 bits per heavy atom. The van der Waals surface area contributed by atoms with Gasteiger partial charge in [0.25, 0.3) is 0 Å². The number of carbonyl (C=O) groups is 2. The molecule has 1 aliphatic rings. The van der Waals surface area contributed by atoms with Crippen molar-refractivity contribution >= 4 is 11.9 Å². The Balaban J connectivity index is 1.93. The van der Waals surface area contributed by atoms with Gasteiger partial charge in [-0.3, -0.25) is 9.59 Å². The largest absolute Gasteiger partial charge is 0.481 e. The van der Waals surface area contributed by atoms with E-state index < -0.39 is 17.8 Å². The van der Waals surface area contributed by atoms with Gasteiger partial charge >= 0.3 is 5.97 Å². The Morgan fingerprint density at radius 2 is 2.10 bits per heavy atom. The summed E-state index contributed by atoms with van der Waals surface area (Å²) in [6.07, 6.45) is 4.54. The van der Waals surface area contributed by atoms with E-state index in [0.29, 0.717) is 24.7 Å². The van der Waals surface area contributed by atoms with E-state index in [0.717, 1.165) is 18.6 Å². The first-order valence-electron chi connectivity index (χ1n) is 7.49. The summed E-state index contributed by atoms with van der Waals surface area (Å²) in [4.78, 5) is 27.6. The maximum Gasteiger partial charge on any atom is 0.307 e. The van der Waals surface area contributed by atoms with Gasteiger partial charge in [-0.15, -0.1) is 0 Å². The SMILES string of the molecule is CCc1cnc(CNC(=O)C2CC(CC)CC2C(=O)O)o1. The van der Waals surface area contributed by atoms with E-state index in [1.807, 2.05) is 13.8 Å². The van der Waals surface area contributed by atoms with Gasteiger partial charge in [-0.2, -0.15) is 0 Å². The lowest BCUT2D eigenvalue weighted by Crippen LogP contribution is -2.35. The van der Waals surface area contributed by atoms with Gasteiger partial charge in [-0.05, 0) is 18.8 Å². The van der Waals surface area contributed by atoms with Gasteiger partial charge in [0.15, 0.2) is 0 Å². The highest BCUT2D eigenvalue weighted by molar-refractivity contribution is 5.85. The number of aliphatic carboxylic acids is 1. The molecular weight excluding hydrogens is 272 g/mol. The van der Waals surface area contributed by atoms with E-state index in [1.54, 1.807) is 6.20 Å². The highest BCUT2D eigenvalue weighted by Gasteiger charge is 2.42. The molecule has 3 atom stereocenters. The smallest absolute Gasteiger partial charge is 0.307 e. The Morgan fingerprint density at radius 1 is 1.38 bits per heavy atom. The highest BCUT2D eigenvalue weighted by Crippen LogP contribution is 2.38. The quantitative estimate of drug-likeness (QED) is 0.837. The second-order valence-corrected chi connectivity index (χ2v) is 5.59. The molecule has 0 bridgehead atoms. The van der Waals surface area contributed by atoms with E-state index in [-0.39, 0.29) is 12.5 Å². The van der Waals surface area contributed by atoms with Crippen molar-refractivity contribution in [2.24, 2.45) is 17.8 Å². The minimum Gasteiger partial charge on any atom is -0.481 e. The van der Waals surface area contributed by atoms with E-state index in [1.165, 1.54) is 0 Å². The number of rotatable bonds is 6. The van der Waals surface area contributed by atoms with Crippen molar-refractivity contribution in [3.8, 4) is 0 Å². The lowest BCUT2D eigenvalue weighted by atomic mass is 9.95. The van der Waals surface area contributed by atoms with Crippen LogP contribution in [0.4, 0.5) is 0 Å². The highest BCUT2D eigenvalue weighted by atomic mass is 16.4. The van der Waals surface area contributed by atoms with Crippen LogP contribution in [0.2, 0.25) is 0 Å². The third kappa shape index (κ3) is 3.62. The third-order valence-electron chi connectivity index (χ3n) is 4.26. The summed E-state index contributed by atoms with van der Waals surface area (Å²) in [5, 5.41) is 12.0. The normalized spacial score (nSPS) is 25.0. The Labute approximate surface area is 123 Å². The van der Waals surface area contributed by atoms with Gasteiger partial charge in [0.2, 0.25) is 11.8 Å². The maximum absolute atomic E-state index is 12.2. The van der Waals surface area contributed by atoms with E-state index >= 15 is 0 Å². The molecule has 0 spiro atoms. The van der Waals surface area contributed by atoms with Crippen molar-refractivity contribution < 1.29 is 19.1 Å². The van der Waals surface area contributed by atoms with Crippen LogP contribution in [0.15, 0.2) is 10.6 Å². The zero-order chi connectivity index (χ0) is 15.4. The average molecular weight is 294 g/mol. The molecule has 6 heteroatoms. The topological polar surface area (TPSA) is 92.4 Å². The molecule has 3 unspecified atom stereocenters. The molecule has 0 aromatic carbocycles. The summed E-state index contributed by atoms with van der Waals surface area (Å²) in [7, 11) is 0. The predicted octanol–water partition coefficient (Wildman–Crippen LogP) is 1.99. The summed E-state index contributed by atoms with van der Waals surface area (Å²) in [5.41, 5.74) is 0. The molecule has 0 radical (unpaired) electrons. The number of hydrogen-bond acceptors (Lipinski definition) is 4. The number of aryl methyl sites for hydroxylation is 1. The summed E-state index contributed by atoms with van der Waals surface area (Å²) in [6.45, 7) is 4.20. The number of aromatic nitrogens is 1. The second-order valence-electron chi connectivity index (χ2n) is 5.59. The van der Waals surface area contributed by atoms with Gasteiger partial charge in [0.1, 0.15) is 5.76 Å². The van der Waals surface area contributed by atoms with Crippen molar-refractivity contribution in [3.05, 3.63) is 17.8 Å². The fourth-order valence-corrected chi connectivity index (χ4v) is 2.93. The molecule has 1 aromatic rings. The molecule has 2 rings (SSSR count). The molecule has 1 heterocycles. The van der Waals surface area contributed by atoms with Crippen molar-refractivity contribution in [1.29, 1.82) is 0 Å². The van der Waals surface area contributed by atoms with Crippen molar-refractivity contribution in [1.82, 2.24) is 10.3 Å². The summed E-state index contributed by atoms with van der Waals surface area (Å²) >= 11 is 0. The monoisotopic (exact) mass is 294 g/mol. The number of amides is 1. The zero-order valence-electron chi connectivity index (χ0n) is 12.5. The first kappa shape index (κ1) is 15.5. The summed E-state index contributed by atoms with van der Waals surface area (Å²) < 4.78 is 5.42. The molecule has 1 amide bonds. The van der Waals surface area contributed by atoms with Gasteiger partial charge in [0, 0.05) is 6.42 Å². The molecular formula is C15H22N2O4. The molecule has 116 valence electrons. The average Bonchev–Trinajstić information content (AvgIpc) is 3.11. The van der Waals surface area contributed by atoms with Gasteiger partial charge in [-0.1, -0.05) is 20.3 Å². The number of oxazole rings is 1. The lowest BCUT2D eigenvalue weighted by molar-refractivity contribution is -0.146. The molecule has 2 N–H and O–H groups in total. The minimum atomic E-state index is -0.879. The lowest BCUT2D eigenvalue weighted by Gasteiger charge is -2.14. The third-order valence-corrected chi connectivity index (χ3v) is 4.26. The maximum atomic E-state index is 12.2. The van der Waals surface area contributed by atoms with Crippen molar-refractivity contribution in [3.63, 3.8) is 0 Å². The molecule has 1 aromatic heterocycles. The van der Waals surface area contributed by atoms with Crippen LogP contribution in [0, 0.1) is 17.8 Å². The molecule has 0 aliphatic heterocycles. The minimum absolute atomic E-state index is 0.207. The van der Waals surface area contributed by atoms with Gasteiger partial charge < -0.3 is 14.8 Å². The van der Waals surface area contributed by atoms with Crippen LogP contribution in [-0.4, -0.2) is 22.0 Å². The van der Waals surface area contributed by atoms with E-state index in [2.05, 4.69) is 10.3 Å². The fraction of sp³-hybridized carbons (Fsp3) is 0.667. The number of carboxylic acids is 1. The molecule has 1 fully saturated rings. The van der Waals surface area contributed by atoms with Crippen LogP contribution >= 0.6 is 0 Å². The zero-order valence-corrected chi connectivity index (χ0v) is 12.5. The standard InChI is InChI=1S/C15H22N2O4/c1-3-9-5-11(12(6-9)15(19)20)14(18)17-8-13-16-7-10(4-2)21-13/h7,9,11-12H,3-6,8H2,1-2H3,(H,17,18)(H,19,20). The van der Waals surface area contributed by atoms with Crippen LogP contribution in [-0.2, 0) is 22.6 Å². The first-order valence-corrected chi connectivity index (χ1v) is 7.49. The number of nitrogens with zero attached hydrogens (tertiary/aromatic N) is 1. The van der Waals surface area contributed by atoms with Gasteiger partial charge in [0.05, 0.1) is 24.6 Å². The second kappa shape index (κ2) is 6.74. The van der Waals surface area contributed by atoms with Crippen LogP contribution in [0.3, 0.4) is 0 Å². The summed E-state index contributed by atoms with van der Waals surface area (Å²) in [5.74, 6) is -0.578. The molecule has 21 heavy (non-hydrogen) atoms. The van der Waals surface area contributed by atoms with E-state index in [4.69, 9.17) is 4.42 Å². The van der Waals surface area contributed by atoms with Crippen molar-refractivity contribution in [2.75, 3.05) is 0 Å². The molecule has 6 nitrogen and oxygen atoms in total. The van der Waals surface area contributed by atoms with Crippen molar-refractivity contribution in [2.45, 2.75) is 46.1 Å². The van der Waals surface area contributed by atoms with Crippen LogP contribution in [0.25, 0.3) is 0 Å². The van der Waals surface area contributed by atoms with Crippen LogP contribution in [0.5, 0.6) is 0 Å². The molecule has 1 saturated carbocycles. The molecule has 1 aliphatic carbocycles. The predicted molar refractivity (Wildman–Crippen MR) is 75.4 cm³/mol. The van der Waals surface area contributed by atoms with Crippen LogP contribution < -0.4 is 5.32 Å². The van der Waals surface area contributed by atoms with Crippen LogP contribution in [0.1, 0.15) is 44.8 Å². The fourth-order valence-electron chi connectivity index (χ4n) is 2.93. The van der Waals surface area contributed by atoms with Gasteiger partial charge in [-0.25, -0.2) is 4.98 Å². The summed E-state index contributed by atoms with van der Waals surface area (Å²) in [6, 6.07) is 0. The number of carboxylic acid groups (broad SMARTS) is 1. The number of hydrogen-bond donors (Lipinski definition) is 2. The first-order chi connectivity index (χ1) is 10.0. The Bertz CT molecular complexity index is 512. The molecule has 0 saturated heterocycles.